The Morgan fingerprint density at radius 3 is 2.60 bits per heavy atom. The first-order valence-electron chi connectivity index (χ1n) is 8.18. The molecule has 2 aromatic rings. The van der Waals surface area contributed by atoms with Crippen LogP contribution >= 0.6 is 11.8 Å². The second-order valence-corrected chi connectivity index (χ2v) is 6.51. The molecule has 5 nitrogen and oxygen atoms in total. The van der Waals surface area contributed by atoms with Crippen LogP contribution in [0.4, 0.5) is 0 Å². The van der Waals surface area contributed by atoms with E-state index in [-0.39, 0.29) is 6.29 Å². The highest BCUT2D eigenvalue weighted by Crippen LogP contribution is 2.25. The lowest BCUT2D eigenvalue weighted by molar-refractivity contribution is -0.183. The van der Waals surface area contributed by atoms with Crippen molar-refractivity contribution in [3.63, 3.8) is 0 Å². The molecule has 2 N–H and O–H groups in total. The van der Waals surface area contributed by atoms with Gasteiger partial charge in [-0.1, -0.05) is 66.4 Å². The number of hydrogen-bond acceptors (Lipinski definition) is 5. The molecule has 0 amide bonds. The van der Waals surface area contributed by atoms with E-state index in [1.165, 1.54) is 17.3 Å². The lowest BCUT2D eigenvalue weighted by Gasteiger charge is -2.24. The molecule has 1 aliphatic rings. The summed E-state index contributed by atoms with van der Waals surface area (Å²) in [6.07, 6.45) is 2.27. The van der Waals surface area contributed by atoms with Gasteiger partial charge in [-0.2, -0.15) is 5.10 Å². The molecule has 0 aromatic heterocycles. The van der Waals surface area contributed by atoms with Crippen molar-refractivity contribution in [1.82, 2.24) is 0 Å². The molecule has 0 spiro atoms. The zero-order valence-corrected chi connectivity index (χ0v) is 14.7. The first-order valence-corrected chi connectivity index (χ1v) is 9.17. The van der Waals surface area contributed by atoms with Gasteiger partial charge in [0.2, 0.25) is 0 Å². The average molecular weight is 355 g/mol. The summed E-state index contributed by atoms with van der Waals surface area (Å²) in [5.41, 5.74) is 8.99. The van der Waals surface area contributed by atoms with E-state index in [4.69, 9.17) is 15.2 Å². The Morgan fingerprint density at radius 1 is 1.08 bits per heavy atom. The number of nitrogens with zero attached hydrogens (tertiary/aromatic N) is 2. The minimum absolute atomic E-state index is 0.342. The van der Waals surface area contributed by atoms with E-state index in [9.17, 15) is 0 Å². The Bertz CT molecular complexity index is 728. The van der Waals surface area contributed by atoms with E-state index in [1.54, 1.807) is 6.21 Å². The SMILES string of the molecule is NC(=NN=Cc1ccccc1C1OCCCO1)SCc1ccccc1. The van der Waals surface area contributed by atoms with Crippen LogP contribution in [0.3, 0.4) is 0 Å². The summed E-state index contributed by atoms with van der Waals surface area (Å²) in [6, 6.07) is 18.0. The largest absolute Gasteiger partial charge is 0.377 e. The van der Waals surface area contributed by atoms with Crippen LogP contribution in [0.25, 0.3) is 0 Å². The lowest BCUT2D eigenvalue weighted by atomic mass is 10.1. The fourth-order valence-corrected chi connectivity index (χ4v) is 3.03. The van der Waals surface area contributed by atoms with Gasteiger partial charge in [0.1, 0.15) is 0 Å². The Balaban J connectivity index is 1.61. The van der Waals surface area contributed by atoms with Crippen molar-refractivity contribution in [2.24, 2.45) is 15.9 Å². The highest BCUT2D eigenvalue weighted by molar-refractivity contribution is 8.13. The molecule has 0 radical (unpaired) electrons. The molecule has 1 aliphatic heterocycles. The number of thioether (sulfide) groups is 1. The van der Waals surface area contributed by atoms with Gasteiger partial charge in [-0.05, 0) is 12.0 Å². The number of amidine groups is 1. The van der Waals surface area contributed by atoms with Gasteiger partial charge in [-0.3, -0.25) is 0 Å². The smallest absolute Gasteiger partial charge is 0.184 e. The molecule has 3 rings (SSSR count). The average Bonchev–Trinajstić information content (AvgIpc) is 2.68. The van der Waals surface area contributed by atoms with Crippen molar-refractivity contribution in [2.45, 2.75) is 18.5 Å². The van der Waals surface area contributed by atoms with Gasteiger partial charge in [-0.25, -0.2) is 0 Å². The zero-order chi connectivity index (χ0) is 17.3. The maximum Gasteiger partial charge on any atom is 0.184 e. The van der Waals surface area contributed by atoms with E-state index in [0.29, 0.717) is 18.4 Å². The minimum Gasteiger partial charge on any atom is -0.377 e. The van der Waals surface area contributed by atoms with E-state index in [0.717, 1.165) is 23.3 Å². The maximum absolute atomic E-state index is 5.92. The van der Waals surface area contributed by atoms with Crippen molar-refractivity contribution in [1.29, 1.82) is 0 Å². The van der Waals surface area contributed by atoms with Crippen molar-refractivity contribution in [3.05, 3.63) is 71.3 Å². The molecule has 1 heterocycles. The molecule has 1 saturated heterocycles. The molecule has 0 atom stereocenters. The quantitative estimate of drug-likeness (QED) is 0.504. The number of benzene rings is 2. The minimum atomic E-state index is -0.342. The number of hydrogen-bond donors (Lipinski definition) is 1. The topological polar surface area (TPSA) is 69.2 Å². The van der Waals surface area contributed by atoms with Crippen LogP contribution in [0, 0.1) is 0 Å². The van der Waals surface area contributed by atoms with Crippen LogP contribution in [0.2, 0.25) is 0 Å². The summed E-state index contributed by atoms with van der Waals surface area (Å²) in [5, 5.41) is 8.61. The summed E-state index contributed by atoms with van der Waals surface area (Å²) in [6.45, 7) is 1.41. The second kappa shape index (κ2) is 9.36. The first-order chi connectivity index (χ1) is 12.3. The van der Waals surface area contributed by atoms with Crippen LogP contribution in [0.15, 0.2) is 64.8 Å². The fraction of sp³-hybridized carbons (Fsp3) is 0.263. The third-order valence-corrected chi connectivity index (χ3v) is 4.51. The van der Waals surface area contributed by atoms with E-state index < -0.39 is 0 Å². The molecule has 130 valence electrons. The van der Waals surface area contributed by atoms with Crippen LogP contribution in [-0.4, -0.2) is 24.6 Å². The van der Waals surface area contributed by atoms with E-state index in [2.05, 4.69) is 22.3 Å². The summed E-state index contributed by atoms with van der Waals surface area (Å²) in [4.78, 5) is 0. The van der Waals surface area contributed by atoms with Gasteiger partial charge in [0.25, 0.3) is 0 Å². The molecular weight excluding hydrogens is 334 g/mol. The second-order valence-electron chi connectivity index (χ2n) is 5.51. The van der Waals surface area contributed by atoms with Crippen molar-refractivity contribution >= 4 is 23.1 Å². The molecule has 0 aliphatic carbocycles. The number of rotatable bonds is 5. The van der Waals surface area contributed by atoms with Crippen molar-refractivity contribution in [2.75, 3.05) is 13.2 Å². The normalized spacial score (nSPS) is 16.4. The van der Waals surface area contributed by atoms with Crippen LogP contribution in [0.1, 0.15) is 29.4 Å². The highest BCUT2D eigenvalue weighted by atomic mass is 32.2. The summed E-state index contributed by atoms with van der Waals surface area (Å²) in [7, 11) is 0. The third kappa shape index (κ3) is 5.42. The third-order valence-electron chi connectivity index (χ3n) is 3.66. The summed E-state index contributed by atoms with van der Waals surface area (Å²) >= 11 is 1.46. The molecule has 6 heteroatoms. The zero-order valence-electron chi connectivity index (χ0n) is 13.9. The Labute approximate surface area is 151 Å². The fourth-order valence-electron chi connectivity index (χ4n) is 2.42. The monoisotopic (exact) mass is 355 g/mol. The molecule has 25 heavy (non-hydrogen) atoms. The predicted molar refractivity (Wildman–Crippen MR) is 103 cm³/mol. The van der Waals surface area contributed by atoms with Crippen LogP contribution in [-0.2, 0) is 15.2 Å². The molecule has 0 saturated carbocycles. The Morgan fingerprint density at radius 2 is 1.80 bits per heavy atom. The molecular formula is C19H21N3O2S. The van der Waals surface area contributed by atoms with Gasteiger partial charge in [0, 0.05) is 16.9 Å². The Kier molecular flexibility index (Phi) is 6.62. The summed E-state index contributed by atoms with van der Waals surface area (Å²) in [5.74, 6) is 0.770. The van der Waals surface area contributed by atoms with E-state index in [1.807, 2.05) is 42.5 Å². The van der Waals surface area contributed by atoms with Gasteiger partial charge in [0.15, 0.2) is 11.5 Å². The number of ether oxygens (including phenoxy) is 2. The number of nitrogens with two attached hydrogens (primary N) is 1. The van der Waals surface area contributed by atoms with Gasteiger partial charge < -0.3 is 15.2 Å². The highest BCUT2D eigenvalue weighted by Gasteiger charge is 2.18. The molecule has 0 unspecified atom stereocenters. The molecule has 1 fully saturated rings. The van der Waals surface area contributed by atoms with Gasteiger partial charge in [-0.15, -0.1) is 5.10 Å². The Hall–Kier alpha value is -2.15. The standard InChI is InChI=1S/C19H21N3O2S/c20-19(25-14-15-7-2-1-3-8-15)22-21-13-16-9-4-5-10-17(16)18-23-11-6-12-24-18/h1-5,7-10,13,18H,6,11-12,14H2,(H2,20,22). The maximum atomic E-state index is 5.92. The van der Waals surface area contributed by atoms with Gasteiger partial charge >= 0.3 is 0 Å². The van der Waals surface area contributed by atoms with Gasteiger partial charge in [0.05, 0.1) is 19.4 Å². The molecule has 0 bridgehead atoms. The summed E-state index contributed by atoms with van der Waals surface area (Å²) < 4.78 is 11.3. The lowest BCUT2D eigenvalue weighted by Crippen LogP contribution is -2.18. The molecule has 2 aromatic carbocycles. The predicted octanol–water partition coefficient (Wildman–Crippen LogP) is 3.70. The van der Waals surface area contributed by atoms with Crippen LogP contribution < -0.4 is 5.73 Å². The first kappa shape index (κ1) is 17.7. The van der Waals surface area contributed by atoms with Crippen molar-refractivity contribution < 1.29 is 9.47 Å². The van der Waals surface area contributed by atoms with E-state index >= 15 is 0 Å². The van der Waals surface area contributed by atoms with Crippen LogP contribution in [0.5, 0.6) is 0 Å². The van der Waals surface area contributed by atoms with Crippen molar-refractivity contribution in [3.8, 4) is 0 Å².